The van der Waals surface area contributed by atoms with Crippen LogP contribution in [0, 0.1) is 0 Å². The largest absolute Gasteiger partial charge is 0.350 e. The Labute approximate surface area is 132 Å². The van der Waals surface area contributed by atoms with Crippen molar-refractivity contribution in [1.29, 1.82) is 0 Å². The Morgan fingerprint density at radius 2 is 1.68 bits per heavy atom. The van der Waals surface area contributed by atoms with Gasteiger partial charge in [-0.1, -0.05) is 48.5 Å². The van der Waals surface area contributed by atoms with Crippen LogP contribution in [0.3, 0.4) is 0 Å². The minimum Gasteiger partial charge on any atom is -0.350 e. The molecule has 0 unspecified atom stereocenters. The van der Waals surface area contributed by atoms with E-state index in [9.17, 15) is 4.79 Å². The smallest absolute Gasteiger partial charge is 0.338 e. The van der Waals surface area contributed by atoms with Gasteiger partial charge in [-0.15, -0.1) is 11.3 Å². The molecule has 2 amide bonds. The molecule has 0 atom stereocenters. The fourth-order valence-corrected chi connectivity index (χ4v) is 2.69. The molecule has 0 bridgehead atoms. The summed E-state index contributed by atoms with van der Waals surface area (Å²) in [6.45, 7) is 0. The van der Waals surface area contributed by atoms with E-state index in [1.807, 2.05) is 53.9 Å². The van der Waals surface area contributed by atoms with Crippen molar-refractivity contribution in [3.05, 3.63) is 66.0 Å². The van der Waals surface area contributed by atoms with Crippen LogP contribution < -0.4 is 16.2 Å². The Morgan fingerprint density at radius 3 is 2.32 bits per heavy atom. The van der Waals surface area contributed by atoms with E-state index in [2.05, 4.69) is 10.4 Å². The quantitative estimate of drug-likeness (QED) is 0.721. The number of thiazole rings is 1. The average Bonchev–Trinajstić information content (AvgIpc) is 3.03. The molecule has 2 aromatic carbocycles. The lowest BCUT2D eigenvalue weighted by molar-refractivity contribution is 0.255. The summed E-state index contributed by atoms with van der Waals surface area (Å²) in [4.78, 5) is 16.1. The number of nitrogens with zero attached hydrogens (tertiary/aromatic N) is 2. The average molecular weight is 310 g/mol. The highest BCUT2D eigenvalue weighted by molar-refractivity contribution is 7.14. The molecule has 0 aliphatic heterocycles. The number of amides is 2. The number of urea groups is 1. The first kappa shape index (κ1) is 14.1. The monoisotopic (exact) mass is 310 g/mol. The van der Waals surface area contributed by atoms with Gasteiger partial charge in [0.05, 0.1) is 11.4 Å². The van der Waals surface area contributed by atoms with Crippen molar-refractivity contribution in [2.75, 3.05) is 10.4 Å². The predicted octanol–water partition coefficient (Wildman–Crippen LogP) is 3.72. The molecule has 110 valence electrons. The van der Waals surface area contributed by atoms with Crippen LogP contribution in [0.25, 0.3) is 11.3 Å². The van der Waals surface area contributed by atoms with Gasteiger partial charge >= 0.3 is 6.03 Å². The Balaban J connectivity index is 1.83. The maximum Gasteiger partial charge on any atom is 0.338 e. The third-order valence-corrected chi connectivity index (χ3v) is 3.76. The van der Waals surface area contributed by atoms with E-state index < -0.39 is 6.03 Å². The van der Waals surface area contributed by atoms with Crippen molar-refractivity contribution in [2.24, 2.45) is 5.73 Å². The molecular weight excluding hydrogens is 296 g/mol. The van der Waals surface area contributed by atoms with Crippen LogP contribution in [-0.2, 0) is 0 Å². The summed E-state index contributed by atoms with van der Waals surface area (Å²) in [5, 5.41) is 3.80. The summed E-state index contributed by atoms with van der Waals surface area (Å²) in [6, 6.07) is 18.4. The van der Waals surface area contributed by atoms with Crippen LogP contribution in [0.4, 0.5) is 15.6 Å². The van der Waals surface area contributed by atoms with Crippen molar-refractivity contribution in [2.45, 2.75) is 0 Å². The fourth-order valence-electron chi connectivity index (χ4n) is 1.99. The Hall–Kier alpha value is -2.86. The van der Waals surface area contributed by atoms with Crippen LogP contribution in [-0.4, -0.2) is 11.0 Å². The SMILES string of the molecule is NC(=O)N(Nc1nc(-c2ccccc2)cs1)c1ccccc1. The topological polar surface area (TPSA) is 71.2 Å². The molecule has 5 nitrogen and oxygen atoms in total. The number of hydrazine groups is 1. The fraction of sp³-hybridized carbons (Fsp3) is 0. The summed E-state index contributed by atoms with van der Waals surface area (Å²) in [5.41, 5.74) is 10.9. The number of para-hydroxylation sites is 1. The first-order valence-corrected chi connectivity index (χ1v) is 7.54. The number of nitrogens with one attached hydrogen (secondary N) is 1. The molecule has 1 aromatic heterocycles. The standard InChI is InChI=1S/C16H14N4OS/c17-15(21)20(13-9-5-2-6-10-13)19-16-18-14(11-22-16)12-7-3-1-4-8-12/h1-11H,(H2,17,21)(H,18,19). The van der Waals surface area contributed by atoms with Gasteiger partial charge in [0.25, 0.3) is 0 Å². The maximum atomic E-state index is 11.6. The van der Waals surface area contributed by atoms with Gasteiger partial charge in [0.2, 0.25) is 5.13 Å². The Morgan fingerprint density at radius 1 is 1.05 bits per heavy atom. The molecule has 0 saturated carbocycles. The minimum atomic E-state index is -0.595. The molecule has 6 heteroatoms. The molecule has 22 heavy (non-hydrogen) atoms. The zero-order valence-corrected chi connectivity index (χ0v) is 12.5. The van der Waals surface area contributed by atoms with Crippen LogP contribution in [0.5, 0.6) is 0 Å². The molecule has 0 spiro atoms. The lowest BCUT2D eigenvalue weighted by Crippen LogP contribution is -2.40. The Bertz CT molecular complexity index is 758. The van der Waals surface area contributed by atoms with Gasteiger partial charge in [-0.3, -0.25) is 5.43 Å². The van der Waals surface area contributed by atoms with Gasteiger partial charge < -0.3 is 5.73 Å². The van der Waals surface area contributed by atoms with Crippen molar-refractivity contribution in [1.82, 2.24) is 4.98 Å². The van der Waals surface area contributed by atoms with Gasteiger partial charge in [0.15, 0.2) is 0 Å². The zero-order chi connectivity index (χ0) is 15.4. The molecule has 0 fully saturated rings. The first-order chi connectivity index (χ1) is 10.7. The van der Waals surface area contributed by atoms with Crippen LogP contribution in [0.2, 0.25) is 0 Å². The van der Waals surface area contributed by atoms with Crippen molar-refractivity contribution >= 4 is 28.2 Å². The van der Waals surface area contributed by atoms with Crippen molar-refractivity contribution < 1.29 is 4.79 Å². The number of anilines is 2. The number of rotatable bonds is 4. The summed E-state index contributed by atoms with van der Waals surface area (Å²) in [6.07, 6.45) is 0. The lowest BCUT2D eigenvalue weighted by atomic mass is 10.2. The first-order valence-electron chi connectivity index (χ1n) is 6.66. The van der Waals surface area contributed by atoms with Crippen LogP contribution in [0.15, 0.2) is 66.0 Å². The van der Waals surface area contributed by atoms with E-state index in [1.54, 1.807) is 12.1 Å². The maximum absolute atomic E-state index is 11.6. The number of aromatic nitrogens is 1. The van der Waals surface area contributed by atoms with Gasteiger partial charge in [-0.2, -0.15) is 0 Å². The van der Waals surface area contributed by atoms with Crippen molar-refractivity contribution in [3.63, 3.8) is 0 Å². The molecule has 0 saturated heterocycles. The summed E-state index contributed by atoms with van der Waals surface area (Å²) in [5.74, 6) is 0. The van der Waals surface area contributed by atoms with Gasteiger partial charge in [0.1, 0.15) is 0 Å². The van der Waals surface area contributed by atoms with Crippen LogP contribution >= 0.6 is 11.3 Å². The third-order valence-electron chi connectivity index (χ3n) is 3.02. The highest BCUT2D eigenvalue weighted by Gasteiger charge is 2.14. The molecule has 0 aliphatic rings. The number of hydrogen-bond acceptors (Lipinski definition) is 4. The molecular formula is C16H14N4OS. The summed E-state index contributed by atoms with van der Waals surface area (Å²) >= 11 is 1.41. The van der Waals surface area contributed by atoms with E-state index in [0.717, 1.165) is 11.3 Å². The molecule has 0 aliphatic carbocycles. The normalized spacial score (nSPS) is 10.2. The van der Waals surface area contributed by atoms with E-state index in [-0.39, 0.29) is 0 Å². The second-order valence-corrected chi connectivity index (χ2v) is 5.38. The van der Waals surface area contributed by atoms with Gasteiger partial charge in [0, 0.05) is 10.9 Å². The number of benzene rings is 2. The molecule has 0 radical (unpaired) electrons. The number of carbonyl (C=O) groups excluding carboxylic acids is 1. The number of primary amides is 1. The molecule has 3 rings (SSSR count). The summed E-state index contributed by atoms with van der Waals surface area (Å²) < 4.78 is 0. The predicted molar refractivity (Wildman–Crippen MR) is 89.7 cm³/mol. The molecule has 3 N–H and O–H groups in total. The van der Waals surface area contributed by atoms with Gasteiger partial charge in [-0.05, 0) is 12.1 Å². The summed E-state index contributed by atoms with van der Waals surface area (Å²) in [7, 11) is 0. The van der Waals surface area contributed by atoms with E-state index in [4.69, 9.17) is 5.73 Å². The minimum absolute atomic E-state index is 0.595. The highest BCUT2D eigenvalue weighted by atomic mass is 32.1. The van der Waals surface area contributed by atoms with Gasteiger partial charge in [-0.25, -0.2) is 14.8 Å². The van der Waals surface area contributed by atoms with Crippen LogP contribution in [0.1, 0.15) is 0 Å². The molecule has 3 aromatic rings. The number of carbonyl (C=O) groups is 1. The Kier molecular flexibility index (Phi) is 4.02. The third kappa shape index (κ3) is 3.07. The van der Waals surface area contributed by atoms with Crippen molar-refractivity contribution in [3.8, 4) is 11.3 Å². The zero-order valence-electron chi connectivity index (χ0n) is 11.6. The van der Waals surface area contributed by atoms with E-state index >= 15 is 0 Å². The number of hydrogen-bond donors (Lipinski definition) is 2. The number of nitrogens with two attached hydrogens (primary N) is 1. The van der Waals surface area contributed by atoms with E-state index in [0.29, 0.717) is 10.8 Å². The second kappa shape index (κ2) is 6.28. The second-order valence-electron chi connectivity index (χ2n) is 4.52. The van der Waals surface area contributed by atoms with E-state index in [1.165, 1.54) is 16.3 Å². The lowest BCUT2D eigenvalue weighted by Gasteiger charge is -2.20. The molecule has 1 heterocycles. The highest BCUT2D eigenvalue weighted by Crippen LogP contribution is 2.26.